The minimum atomic E-state index is -0.248. The summed E-state index contributed by atoms with van der Waals surface area (Å²) in [4.78, 5) is 16.5. The molecule has 6 nitrogen and oxygen atoms in total. The zero-order valence-electron chi connectivity index (χ0n) is 12.9. The van der Waals surface area contributed by atoms with Gasteiger partial charge in [0.05, 0.1) is 11.6 Å². The number of benzene rings is 1. The molecule has 0 saturated carbocycles. The number of carbonyl (C=O) groups is 1. The van der Waals surface area contributed by atoms with Crippen LogP contribution in [-0.2, 0) is 4.74 Å². The maximum atomic E-state index is 12.3. The first kappa shape index (κ1) is 16.5. The second-order valence-electron chi connectivity index (χ2n) is 4.85. The fourth-order valence-electron chi connectivity index (χ4n) is 1.97. The van der Waals surface area contributed by atoms with E-state index in [2.05, 4.69) is 15.6 Å². The van der Waals surface area contributed by atoms with Crippen molar-refractivity contribution >= 4 is 17.4 Å². The number of ether oxygens (including phenoxy) is 1. The van der Waals surface area contributed by atoms with Crippen molar-refractivity contribution in [3.05, 3.63) is 53.7 Å². The number of pyridine rings is 1. The summed E-state index contributed by atoms with van der Waals surface area (Å²) in [5.74, 6) is 0.391. The zero-order valence-corrected chi connectivity index (χ0v) is 12.9. The summed E-state index contributed by atoms with van der Waals surface area (Å²) in [5, 5.41) is 14.8. The van der Waals surface area contributed by atoms with E-state index in [1.807, 2.05) is 6.07 Å². The van der Waals surface area contributed by atoms with Crippen LogP contribution in [0.4, 0.5) is 11.5 Å². The number of nitrogens with one attached hydrogen (secondary N) is 2. The highest BCUT2D eigenvalue weighted by Crippen LogP contribution is 2.13. The molecule has 0 fully saturated rings. The molecule has 0 aliphatic rings. The van der Waals surface area contributed by atoms with Gasteiger partial charge >= 0.3 is 0 Å². The standard InChI is InChI=1S/C17H18N4O2/c1-23-9-3-7-19-16-11-14(6-8-20-16)17(22)21-15-5-2-4-13(10-15)12-18/h2,4-6,8,10-11H,3,7,9H2,1H3,(H,19,20)(H,21,22). The summed E-state index contributed by atoms with van der Waals surface area (Å²) >= 11 is 0. The van der Waals surface area contributed by atoms with Crippen molar-refractivity contribution in [1.29, 1.82) is 5.26 Å². The van der Waals surface area contributed by atoms with Gasteiger partial charge in [0.1, 0.15) is 5.82 Å². The summed E-state index contributed by atoms with van der Waals surface area (Å²) in [6.07, 6.45) is 2.44. The van der Waals surface area contributed by atoms with Crippen molar-refractivity contribution in [3.8, 4) is 6.07 Å². The summed E-state index contributed by atoms with van der Waals surface area (Å²) in [6, 6.07) is 12.2. The molecule has 2 rings (SSSR count). The summed E-state index contributed by atoms with van der Waals surface area (Å²) in [7, 11) is 1.66. The summed E-state index contributed by atoms with van der Waals surface area (Å²) in [6.45, 7) is 1.39. The number of rotatable bonds is 7. The summed E-state index contributed by atoms with van der Waals surface area (Å²) in [5.41, 5.74) is 1.58. The molecule has 0 aliphatic carbocycles. The lowest BCUT2D eigenvalue weighted by molar-refractivity contribution is 0.102. The largest absolute Gasteiger partial charge is 0.385 e. The molecule has 0 unspecified atom stereocenters. The van der Waals surface area contributed by atoms with E-state index in [1.54, 1.807) is 49.7 Å². The van der Waals surface area contributed by atoms with Gasteiger partial charge in [0.25, 0.3) is 5.91 Å². The van der Waals surface area contributed by atoms with E-state index in [1.165, 1.54) is 0 Å². The van der Waals surface area contributed by atoms with Crippen molar-refractivity contribution < 1.29 is 9.53 Å². The molecule has 0 bridgehead atoms. The van der Waals surface area contributed by atoms with Gasteiger partial charge in [-0.3, -0.25) is 4.79 Å². The van der Waals surface area contributed by atoms with E-state index in [-0.39, 0.29) is 5.91 Å². The highest BCUT2D eigenvalue weighted by Gasteiger charge is 2.08. The first-order valence-electron chi connectivity index (χ1n) is 7.23. The Morgan fingerprint density at radius 1 is 1.35 bits per heavy atom. The number of amides is 1. The summed E-state index contributed by atoms with van der Waals surface area (Å²) < 4.78 is 4.98. The third-order valence-electron chi connectivity index (χ3n) is 3.10. The minimum absolute atomic E-state index is 0.248. The number of anilines is 2. The average molecular weight is 310 g/mol. The Bertz CT molecular complexity index is 710. The van der Waals surface area contributed by atoms with Gasteiger partial charge in [-0.25, -0.2) is 4.98 Å². The third-order valence-corrected chi connectivity index (χ3v) is 3.10. The molecule has 1 heterocycles. The van der Waals surface area contributed by atoms with Crippen LogP contribution in [0.15, 0.2) is 42.6 Å². The molecule has 0 radical (unpaired) electrons. The topological polar surface area (TPSA) is 87.0 Å². The lowest BCUT2D eigenvalue weighted by atomic mass is 10.2. The van der Waals surface area contributed by atoms with Crippen LogP contribution in [-0.4, -0.2) is 31.2 Å². The number of nitriles is 1. The number of hydrogen-bond acceptors (Lipinski definition) is 5. The highest BCUT2D eigenvalue weighted by atomic mass is 16.5. The van der Waals surface area contributed by atoms with Gasteiger partial charge in [0, 0.05) is 37.7 Å². The molecule has 0 aliphatic heterocycles. The molecule has 118 valence electrons. The van der Waals surface area contributed by atoms with Gasteiger partial charge in [-0.05, 0) is 36.8 Å². The van der Waals surface area contributed by atoms with Crippen LogP contribution >= 0.6 is 0 Å². The number of hydrogen-bond donors (Lipinski definition) is 2. The van der Waals surface area contributed by atoms with E-state index >= 15 is 0 Å². The van der Waals surface area contributed by atoms with Gasteiger partial charge in [0.2, 0.25) is 0 Å². The van der Waals surface area contributed by atoms with Gasteiger partial charge in [0.15, 0.2) is 0 Å². The fraction of sp³-hybridized carbons (Fsp3) is 0.235. The fourth-order valence-corrected chi connectivity index (χ4v) is 1.97. The first-order chi connectivity index (χ1) is 11.2. The van der Waals surface area contributed by atoms with Crippen LogP contribution in [0.3, 0.4) is 0 Å². The monoisotopic (exact) mass is 310 g/mol. The quantitative estimate of drug-likeness (QED) is 0.768. The van der Waals surface area contributed by atoms with Crippen LogP contribution in [0.25, 0.3) is 0 Å². The Morgan fingerprint density at radius 2 is 2.22 bits per heavy atom. The molecule has 6 heteroatoms. The molecule has 2 aromatic rings. The van der Waals surface area contributed by atoms with E-state index in [0.717, 1.165) is 13.0 Å². The predicted octanol–water partition coefficient (Wildman–Crippen LogP) is 2.65. The SMILES string of the molecule is COCCCNc1cc(C(=O)Nc2cccc(C#N)c2)ccn1. The van der Waals surface area contributed by atoms with Crippen LogP contribution in [0.1, 0.15) is 22.3 Å². The average Bonchev–Trinajstić information content (AvgIpc) is 2.59. The maximum absolute atomic E-state index is 12.3. The van der Waals surface area contributed by atoms with Crippen molar-refractivity contribution in [2.24, 2.45) is 0 Å². The molecule has 0 atom stereocenters. The molecule has 1 aromatic carbocycles. The molecular formula is C17H18N4O2. The van der Waals surface area contributed by atoms with Gasteiger partial charge in [-0.1, -0.05) is 6.07 Å². The molecule has 23 heavy (non-hydrogen) atoms. The highest BCUT2D eigenvalue weighted by molar-refractivity contribution is 6.04. The number of methoxy groups -OCH3 is 1. The Hall–Kier alpha value is -2.91. The van der Waals surface area contributed by atoms with Gasteiger partial charge in [-0.2, -0.15) is 5.26 Å². The number of nitrogens with zero attached hydrogens (tertiary/aromatic N) is 2. The molecular weight excluding hydrogens is 292 g/mol. The van der Waals surface area contributed by atoms with Crippen molar-refractivity contribution in [1.82, 2.24) is 4.98 Å². The number of carbonyl (C=O) groups excluding carboxylic acids is 1. The van der Waals surface area contributed by atoms with Crippen molar-refractivity contribution in [3.63, 3.8) is 0 Å². The van der Waals surface area contributed by atoms with Crippen LogP contribution < -0.4 is 10.6 Å². The third kappa shape index (κ3) is 5.09. The molecule has 1 amide bonds. The van der Waals surface area contributed by atoms with Crippen LogP contribution in [0, 0.1) is 11.3 Å². The van der Waals surface area contributed by atoms with E-state index in [0.29, 0.717) is 29.2 Å². The second-order valence-corrected chi connectivity index (χ2v) is 4.85. The lowest BCUT2D eigenvalue weighted by Crippen LogP contribution is -2.13. The maximum Gasteiger partial charge on any atom is 0.255 e. The van der Waals surface area contributed by atoms with Crippen LogP contribution in [0.5, 0.6) is 0 Å². The Morgan fingerprint density at radius 3 is 3.00 bits per heavy atom. The predicted molar refractivity (Wildman–Crippen MR) is 88.3 cm³/mol. The molecule has 0 spiro atoms. The van der Waals surface area contributed by atoms with Crippen molar-refractivity contribution in [2.75, 3.05) is 30.9 Å². The van der Waals surface area contributed by atoms with Crippen LogP contribution in [0.2, 0.25) is 0 Å². The smallest absolute Gasteiger partial charge is 0.255 e. The zero-order chi connectivity index (χ0) is 16.5. The van der Waals surface area contributed by atoms with E-state index in [4.69, 9.17) is 10.00 Å². The number of aromatic nitrogens is 1. The van der Waals surface area contributed by atoms with E-state index < -0.39 is 0 Å². The second kappa shape index (κ2) is 8.51. The van der Waals surface area contributed by atoms with E-state index in [9.17, 15) is 4.79 Å². The molecule has 2 N–H and O–H groups in total. The minimum Gasteiger partial charge on any atom is -0.385 e. The first-order valence-corrected chi connectivity index (χ1v) is 7.23. The lowest BCUT2D eigenvalue weighted by Gasteiger charge is -2.08. The Kier molecular flexibility index (Phi) is 6.09. The molecule has 1 aromatic heterocycles. The molecule has 0 saturated heterocycles. The van der Waals surface area contributed by atoms with Gasteiger partial charge in [-0.15, -0.1) is 0 Å². The van der Waals surface area contributed by atoms with Gasteiger partial charge < -0.3 is 15.4 Å². The Labute approximate surface area is 135 Å². The normalized spacial score (nSPS) is 9.91. The van der Waals surface area contributed by atoms with Crippen molar-refractivity contribution in [2.45, 2.75) is 6.42 Å². The Balaban J connectivity index is 2.00.